The molecule has 1 aromatic heterocycles. The second-order valence-corrected chi connectivity index (χ2v) is 11.7. The first-order valence-electron chi connectivity index (χ1n) is 10.9. The maximum atomic E-state index is 12.9. The van der Waals surface area contributed by atoms with Crippen molar-refractivity contribution in [3.8, 4) is 0 Å². The van der Waals surface area contributed by atoms with E-state index in [-0.39, 0.29) is 34.9 Å². The highest BCUT2D eigenvalue weighted by Crippen LogP contribution is 2.37. The summed E-state index contributed by atoms with van der Waals surface area (Å²) < 4.78 is 31.4. The Morgan fingerprint density at radius 2 is 1.68 bits per heavy atom. The summed E-state index contributed by atoms with van der Waals surface area (Å²) in [4.78, 5) is 25.5. The van der Waals surface area contributed by atoms with Gasteiger partial charge in [0, 0.05) is 24.3 Å². The van der Waals surface area contributed by atoms with Crippen molar-refractivity contribution < 1.29 is 22.4 Å². The van der Waals surface area contributed by atoms with Gasteiger partial charge >= 0.3 is 0 Å². The van der Waals surface area contributed by atoms with Gasteiger partial charge in [0.15, 0.2) is 11.6 Å². The number of ketones is 2. The summed E-state index contributed by atoms with van der Waals surface area (Å²) in [6.45, 7) is 12.0. The average Bonchev–Trinajstić information content (AvgIpc) is 3.10. The topological polar surface area (TPSA) is 81.4 Å². The highest BCUT2D eigenvalue weighted by atomic mass is 32.2. The quantitative estimate of drug-likeness (QED) is 0.581. The number of Topliss-reactive ketones (excluding diaryl/α,β-unsaturated/α-hetero) is 2. The van der Waals surface area contributed by atoms with Crippen molar-refractivity contribution in [1.29, 1.82) is 0 Å². The first-order chi connectivity index (χ1) is 14.3. The zero-order valence-electron chi connectivity index (χ0n) is 19.2. The van der Waals surface area contributed by atoms with Crippen molar-refractivity contribution in [3.63, 3.8) is 0 Å². The van der Waals surface area contributed by atoms with Gasteiger partial charge in [-0.05, 0) is 34.9 Å². The van der Waals surface area contributed by atoms with Gasteiger partial charge in [0.25, 0.3) is 0 Å². The number of benzene rings is 1. The van der Waals surface area contributed by atoms with Crippen molar-refractivity contribution in [3.05, 3.63) is 52.3 Å². The van der Waals surface area contributed by atoms with E-state index in [4.69, 9.17) is 4.42 Å². The summed E-state index contributed by atoms with van der Waals surface area (Å²) in [6.07, 6.45) is 1.18. The van der Waals surface area contributed by atoms with E-state index < -0.39 is 21.0 Å². The predicted molar refractivity (Wildman–Crippen MR) is 121 cm³/mol. The first-order valence-corrected chi connectivity index (χ1v) is 12.5. The van der Waals surface area contributed by atoms with Crippen LogP contribution in [0.25, 0.3) is 0 Å². The number of fused-ring (bicyclic) bond motifs is 1. The van der Waals surface area contributed by atoms with E-state index in [2.05, 4.69) is 27.7 Å². The predicted octanol–water partition coefficient (Wildman–Crippen LogP) is 5.27. The zero-order chi connectivity index (χ0) is 23.1. The van der Waals surface area contributed by atoms with Gasteiger partial charge in [0.05, 0.1) is 5.56 Å². The highest BCUT2D eigenvalue weighted by Gasteiger charge is 2.38. The van der Waals surface area contributed by atoms with Crippen LogP contribution < -0.4 is 0 Å². The van der Waals surface area contributed by atoms with Crippen LogP contribution in [0, 0.1) is 5.41 Å². The fourth-order valence-corrected chi connectivity index (χ4v) is 5.47. The third-order valence-electron chi connectivity index (χ3n) is 6.15. The lowest BCUT2D eigenvalue weighted by molar-refractivity contribution is -0.116. The van der Waals surface area contributed by atoms with Crippen molar-refractivity contribution in [1.82, 2.24) is 0 Å². The third-order valence-corrected chi connectivity index (χ3v) is 7.66. The van der Waals surface area contributed by atoms with Crippen molar-refractivity contribution in [2.24, 2.45) is 5.41 Å². The van der Waals surface area contributed by atoms with Gasteiger partial charge in [-0.25, -0.2) is 8.42 Å². The number of carbonyl (C=O) groups excluding carboxylic acids is 2. The van der Waals surface area contributed by atoms with Gasteiger partial charge in [-0.15, -0.1) is 0 Å². The maximum Gasteiger partial charge on any atom is 0.219 e. The molecule has 2 aromatic rings. The van der Waals surface area contributed by atoms with Crippen LogP contribution in [0.5, 0.6) is 0 Å². The lowest BCUT2D eigenvalue weighted by Gasteiger charge is -2.26. The van der Waals surface area contributed by atoms with Crippen LogP contribution in [0.4, 0.5) is 0 Å². The van der Waals surface area contributed by atoms with Crippen LogP contribution in [-0.4, -0.2) is 25.7 Å². The molecule has 6 heteroatoms. The molecule has 0 saturated carbocycles. The highest BCUT2D eigenvalue weighted by molar-refractivity contribution is 7.92. The smallest absolute Gasteiger partial charge is 0.219 e. The molecule has 1 heterocycles. The summed E-state index contributed by atoms with van der Waals surface area (Å²) in [7, 11) is -3.97. The van der Waals surface area contributed by atoms with E-state index in [1.165, 1.54) is 6.07 Å². The summed E-state index contributed by atoms with van der Waals surface area (Å²) in [5.41, 5.74) is 2.84. The number of hydrogen-bond donors (Lipinski definition) is 0. The van der Waals surface area contributed by atoms with Gasteiger partial charge in [-0.3, -0.25) is 9.59 Å². The SMILES string of the molecule is CC(C)c1cccc(C(C)C)c1CC(=O)CS(=O)(=O)c1cc2c(o1)CCC(C)(C)C2=O. The van der Waals surface area contributed by atoms with Crippen LogP contribution in [0.3, 0.4) is 0 Å². The molecule has 0 unspecified atom stereocenters. The minimum absolute atomic E-state index is 0.0630. The molecule has 0 spiro atoms. The molecule has 0 bridgehead atoms. The number of furan rings is 1. The summed E-state index contributed by atoms with van der Waals surface area (Å²) >= 11 is 0. The largest absolute Gasteiger partial charge is 0.449 e. The molecule has 0 amide bonds. The van der Waals surface area contributed by atoms with E-state index >= 15 is 0 Å². The molecule has 31 heavy (non-hydrogen) atoms. The van der Waals surface area contributed by atoms with Crippen LogP contribution in [0.15, 0.2) is 33.8 Å². The minimum Gasteiger partial charge on any atom is -0.449 e. The second kappa shape index (κ2) is 8.38. The summed E-state index contributed by atoms with van der Waals surface area (Å²) in [6, 6.07) is 7.30. The average molecular weight is 445 g/mol. The maximum absolute atomic E-state index is 12.9. The van der Waals surface area contributed by atoms with Gasteiger partial charge in [0.1, 0.15) is 11.5 Å². The molecule has 1 aromatic carbocycles. The molecule has 3 rings (SSSR count). The zero-order valence-corrected chi connectivity index (χ0v) is 20.1. The molecule has 0 saturated heterocycles. The number of sulfone groups is 1. The van der Waals surface area contributed by atoms with Crippen molar-refractivity contribution >= 4 is 21.4 Å². The Kier molecular flexibility index (Phi) is 6.34. The molecule has 0 radical (unpaired) electrons. The Morgan fingerprint density at radius 1 is 1.10 bits per heavy atom. The van der Waals surface area contributed by atoms with E-state index in [0.29, 0.717) is 24.2 Å². The Morgan fingerprint density at radius 3 is 2.23 bits per heavy atom. The molecule has 0 aliphatic heterocycles. The third kappa shape index (κ3) is 4.69. The Bertz CT molecular complexity index is 1090. The van der Waals surface area contributed by atoms with E-state index in [9.17, 15) is 18.0 Å². The minimum atomic E-state index is -3.97. The van der Waals surface area contributed by atoms with Gasteiger partial charge in [0.2, 0.25) is 14.9 Å². The molecule has 0 fully saturated rings. The molecular formula is C25H32O5S. The monoisotopic (exact) mass is 444 g/mol. The summed E-state index contributed by atoms with van der Waals surface area (Å²) in [5, 5.41) is -0.280. The lowest BCUT2D eigenvalue weighted by atomic mass is 9.76. The Hall–Kier alpha value is -2.21. The number of aryl methyl sites for hydroxylation is 1. The fourth-order valence-electron chi connectivity index (χ4n) is 4.28. The lowest BCUT2D eigenvalue weighted by Crippen LogP contribution is -2.29. The second-order valence-electron chi connectivity index (χ2n) is 9.81. The number of hydrogen-bond acceptors (Lipinski definition) is 5. The summed E-state index contributed by atoms with van der Waals surface area (Å²) in [5.74, 6) is -0.272. The van der Waals surface area contributed by atoms with E-state index in [1.807, 2.05) is 32.0 Å². The molecule has 0 atom stereocenters. The van der Waals surface area contributed by atoms with Crippen LogP contribution in [0.1, 0.15) is 92.6 Å². The Balaban J connectivity index is 1.86. The van der Waals surface area contributed by atoms with Gasteiger partial charge in [-0.2, -0.15) is 0 Å². The fraction of sp³-hybridized carbons (Fsp3) is 0.520. The Labute approximate surface area is 185 Å². The number of rotatable bonds is 7. The van der Waals surface area contributed by atoms with Crippen molar-refractivity contribution in [2.75, 3.05) is 5.75 Å². The molecule has 1 aliphatic rings. The normalized spacial score (nSPS) is 16.1. The molecule has 1 aliphatic carbocycles. The van der Waals surface area contributed by atoms with Gasteiger partial charge in [-0.1, -0.05) is 59.7 Å². The van der Waals surface area contributed by atoms with Crippen LogP contribution >= 0.6 is 0 Å². The first kappa shape index (κ1) is 23.5. The standard InChI is InChI=1S/C25H32O5S/c1-15(2)18-8-7-9-19(16(3)4)20(18)12-17(26)14-31(28,29)23-13-21-22(30-23)10-11-25(5,6)24(21)27/h7-9,13,15-16H,10-12,14H2,1-6H3. The van der Waals surface area contributed by atoms with Crippen LogP contribution in [-0.2, 0) is 27.5 Å². The molecular weight excluding hydrogens is 412 g/mol. The van der Waals surface area contributed by atoms with Crippen molar-refractivity contribution in [2.45, 2.75) is 77.7 Å². The van der Waals surface area contributed by atoms with Gasteiger partial charge < -0.3 is 4.42 Å². The number of carbonyl (C=O) groups is 2. The molecule has 5 nitrogen and oxygen atoms in total. The van der Waals surface area contributed by atoms with Crippen LogP contribution in [0.2, 0.25) is 0 Å². The van der Waals surface area contributed by atoms with E-state index in [1.54, 1.807) is 0 Å². The molecule has 0 N–H and O–H groups in total. The van der Waals surface area contributed by atoms with E-state index in [0.717, 1.165) is 16.7 Å². The molecule has 168 valence electrons.